The normalized spacial score (nSPS) is 10.6. The number of nitrogen functional groups attached to an aromatic ring is 1. The summed E-state index contributed by atoms with van der Waals surface area (Å²) in [5, 5.41) is 0. The first kappa shape index (κ1) is 15.2. The molecule has 1 aromatic rings. The molecule has 0 bridgehead atoms. The zero-order chi connectivity index (χ0) is 14.6. The van der Waals surface area contributed by atoms with Crippen LogP contribution in [0.4, 0.5) is 11.6 Å². The van der Waals surface area contributed by atoms with Crippen molar-refractivity contribution in [3.63, 3.8) is 0 Å². The van der Waals surface area contributed by atoms with Crippen LogP contribution in [0.3, 0.4) is 0 Å². The summed E-state index contributed by atoms with van der Waals surface area (Å²) in [6.45, 7) is 7.89. The number of hydrogen-bond donors (Lipinski definition) is 3. The Kier molecular flexibility index (Phi) is 5.05. The summed E-state index contributed by atoms with van der Waals surface area (Å²) in [5.74, 6) is 7.00. The summed E-state index contributed by atoms with van der Waals surface area (Å²) in [6.07, 6.45) is 0.685. The van der Waals surface area contributed by atoms with Gasteiger partial charge in [0.15, 0.2) is 0 Å². The molecule has 0 radical (unpaired) electrons. The molecule has 19 heavy (non-hydrogen) atoms. The Bertz CT molecular complexity index is 460. The van der Waals surface area contributed by atoms with Crippen LogP contribution < -0.4 is 21.9 Å². The van der Waals surface area contributed by atoms with E-state index >= 15 is 0 Å². The van der Waals surface area contributed by atoms with Gasteiger partial charge in [-0.25, -0.2) is 15.8 Å². The maximum atomic E-state index is 11.2. The van der Waals surface area contributed by atoms with Gasteiger partial charge in [0, 0.05) is 18.0 Å². The Morgan fingerprint density at radius 3 is 2.47 bits per heavy atom. The summed E-state index contributed by atoms with van der Waals surface area (Å²) in [7, 11) is 0. The molecular formula is C12H22N6O. The lowest BCUT2D eigenvalue weighted by Gasteiger charge is -2.28. The van der Waals surface area contributed by atoms with Crippen molar-refractivity contribution >= 4 is 17.5 Å². The van der Waals surface area contributed by atoms with E-state index in [1.807, 2.05) is 32.6 Å². The summed E-state index contributed by atoms with van der Waals surface area (Å²) in [5.41, 5.74) is 8.66. The predicted molar refractivity (Wildman–Crippen MR) is 75.6 cm³/mol. The number of carbonyl (C=O) groups is 1. The SMILES string of the molecule is CCc1nc(NN)c(C)c(N(CC(N)=O)C(C)C)n1. The van der Waals surface area contributed by atoms with Crippen LogP contribution in [-0.2, 0) is 11.2 Å². The Labute approximate surface area is 113 Å². The maximum Gasteiger partial charge on any atom is 0.237 e. The van der Waals surface area contributed by atoms with Gasteiger partial charge in [0.05, 0.1) is 6.54 Å². The number of hydrazine groups is 1. The second-order valence-corrected chi connectivity index (χ2v) is 4.62. The Balaban J connectivity index is 3.31. The molecule has 0 unspecified atom stereocenters. The zero-order valence-electron chi connectivity index (χ0n) is 11.9. The number of nitrogens with one attached hydrogen (secondary N) is 1. The van der Waals surface area contributed by atoms with Gasteiger partial charge in [-0.2, -0.15) is 0 Å². The summed E-state index contributed by atoms with van der Waals surface area (Å²) in [4.78, 5) is 21.8. The van der Waals surface area contributed by atoms with Crippen molar-refractivity contribution < 1.29 is 4.79 Å². The largest absolute Gasteiger partial charge is 0.368 e. The molecule has 1 amide bonds. The fourth-order valence-corrected chi connectivity index (χ4v) is 1.80. The number of amides is 1. The van der Waals surface area contributed by atoms with Crippen LogP contribution in [0.15, 0.2) is 0 Å². The Morgan fingerprint density at radius 2 is 2.05 bits per heavy atom. The van der Waals surface area contributed by atoms with Crippen LogP contribution in [0.1, 0.15) is 32.2 Å². The second kappa shape index (κ2) is 6.33. The first-order valence-electron chi connectivity index (χ1n) is 6.29. The minimum absolute atomic E-state index is 0.0939. The number of aryl methyl sites for hydroxylation is 1. The third kappa shape index (κ3) is 3.54. The molecule has 1 rings (SSSR count). The average Bonchev–Trinajstić information content (AvgIpc) is 2.36. The molecule has 1 aromatic heterocycles. The summed E-state index contributed by atoms with van der Waals surface area (Å²) < 4.78 is 0. The lowest BCUT2D eigenvalue weighted by molar-refractivity contribution is -0.116. The molecule has 0 aliphatic rings. The van der Waals surface area contributed by atoms with E-state index in [-0.39, 0.29) is 12.6 Å². The van der Waals surface area contributed by atoms with Crippen LogP contribution in [0.5, 0.6) is 0 Å². The Hall–Kier alpha value is -1.89. The molecule has 0 saturated carbocycles. The lowest BCUT2D eigenvalue weighted by Crippen LogP contribution is -2.40. The molecule has 0 atom stereocenters. The first-order chi connectivity index (χ1) is 8.90. The van der Waals surface area contributed by atoms with Crippen molar-refractivity contribution in [2.75, 3.05) is 16.9 Å². The molecule has 1 heterocycles. The fraction of sp³-hybridized carbons (Fsp3) is 0.583. The van der Waals surface area contributed by atoms with Crippen LogP contribution in [0, 0.1) is 6.92 Å². The van der Waals surface area contributed by atoms with Gasteiger partial charge in [0.25, 0.3) is 0 Å². The minimum atomic E-state index is -0.396. The van der Waals surface area contributed by atoms with E-state index in [1.165, 1.54) is 0 Å². The molecule has 106 valence electrons. The van der Waals surface area contributed by atoms with Crippen LogP contribution >= 0.6 is 0 Å². The van der Waals surface area contributed by atoms with Crippen LogP contribution in [0.25, 0.3) is 0 Å². The van der Waals surface area contributed by atoms with Crippen molar-refractivity contribution in [2.45, 2.75) is 40.2 Å². The van der Waals surface area contributed by atoms with E-state index in [4.69, 9.17) is 11.6 Å². The smallest absolute Gasteiger partial charge is 0.237 e. The molecule has 5 N–H and O–H groups in total. The van der Waals surface area contributed by atoms with E-state index in [9.17, 15) is 4.79 Å². The molecule has 0 aliphatic heterocycles. The summed E-state index contributed by atoms with van der Waals surface area (Å²) in [6, 6.07) is 0.0939. The standard InChI is InChI=1S/C12H22N6O/c1-5-10-15-11(17-14)8(4)12(16-10)18(7(2)3)6-9(13)19/h7H,5-6,14H2,1-4H3,(H2,13,19)(H,15,16,17). The van der Waals surface area contributed by atoms with Gasteiger partial charge in [-0.05, 0) is 20.8 Å². The fourth-order valence-electron chi connectivity index (χ4n) is 1.80. The van der Waals surface area contributed by atoms with Crippen molar-refractivity contribution in [2.24, 2.45) is 11.6 Å². The van der Waals surface area contributed by atoms with Gasteiger partial charge in [-0.15, -0.1) is 0 Å². The van der Waals surface area contributed by atoms with Gasteiger partial charge in [-0.1, -0.05) is 6.92 Å². The van der Waals surface area contributed by atoms with E-state index < -0.39 is 5.91 Å². The van der Waals surface area contributed by atoms with Crippen molar-refractivity contribution in [3.8, 4) is 0 Å². The number of nitrogens with zero attached hydrogens (tertiary/aromatic N) is 3. The molecule has 0 saturated heterocycles. The second-order valence-electron chi connectivity index (χ2n) is 4.62. The van der Waals surface area contributed by atoms with Gasteiger partial charge < -0.3 is 16.1 Å². The topological polar surface area (TPSA) is 110 Å². The number of rotatable bonds is 6. The maximum absolute atomic E-state index is 11.2. The number of carbonyl (C=O) groups excluding carboxylic acids is 1. The number of primary amides is 1. The van der Waals surface area contributed by atoms with Crippen molar-refractivity contribution in [1.82, 2.24) is 9.97 Å². The number of anilines is 2. The third-order valence-corrected chi connectivity index (χ3v) is 2.84. The predicted octanol–water partition coefficient (Wildman–Crippen LogP) is 0.333. The van der Waals surface area contributed by atoms with E-state index in [0.29, 0.717) is 23.9 Å². The molecule has 0 fully saturated rings. The minimum Gasteiger partial charge on any atom is -0.368 e. The summed E-state index contributed by atoms with van der Waals surface area (Å²) >= 11 is 0. The quantitative estimate of drug-likeness (QED) is 0.505. The van der Waals surface area contributed by atoms with Gasteiger partial charge >= 0.3 is 0 Å². The molecule has 0 aromatic carbocycles. The van der Waals surface area contributed by atoms with Gasteiger partial charge in [-0.3, -0.25) is 4.79 Å². The van der Waals surface area contributed by atoms with Crippen molar-refractivity contribution in [1.29, 1.82) is 0 Å². The van der Waals surface area contributed by atoms with E-state index in [2.05, 4.69) is 15.4 Å². The molecule has 7 nitrogen and oxygen atoms in total. The molecular weight excluding hydrogens is 244 g/mol. The highest BCUT2D eigenvalue weighted by atomic mass is 16.1. The van der Waals surface area contributed by atoms with Gasteiger partial charge in [0.2, 0.25) is 5.91 Å². The monoisotopic (exact) mass is 266 g/mol. The van der Waals surface area contributed by atoms with E-state index in [1.54, 1.807) is 0 Å². The molecule has 7 heteroatoms. The number of hydrogen-bond acceptors (Lipinski definition) is 6. The van der Waals surface area contributed by atoms with Crippen LogP contribution in [-0.4, -0.2) is 28.5 Å². The highest BCUT2D eigenvalue weighted by Gasteiger charge is 2.19. The Morgan fingerprint density at radius 1 is 1.42 bits per heavy atom. The number of aromatic nitrogens is 2. The zero-order valence-corrected chi connectivity index (χ0v) is 11.9. The van der Waals surface area contributed by atoms with Crippen molar-refractivity contribution in [3.05, 3.63) is 11.4 Å². The van der Waals surface area contributed by atoms with Gasteiger partial charge in [0.1, 0.15) is 17.5 Å². The van der Waals surface area contributed by atoms with E-state index in [0.717, 1.165) is 5.56 Å². The molecule has 0 aliphatic carbocycles. The molecule has 0 spiro atoms. The first-order valence-corrected chi connectivity index (χ1v) is 6.29. The average molecular weight is 266 g/mol. The lowest BCUT2D eigenvalue weighted by atomic mass is 10.2. The highest BCUT2D eigenvalue weighted by Crippen LogP contribution is 2.24. The highest BCUT2D eigenvalue weighted by molar-refractivity contribution is 5.80. The third-order valence-electron chi connectivity index (χ3n) is 2.84. The van der Waals surface area contributed by atoms with Crippen LogP contribution in [0.2, 0.25) is 0 Å². The number of nitrogens with two attached hydrogens (primary N) is 2.